The van der Waals surface area contributed by atoms with E-state index >= 15 is 0 Å². The van der Waals surface area contributed by atoms with Crippen molar-refractivity contribution in [2.45, 2.75) is 33.4 Å². The monoisotopic (exact) mass is 504 g/mol. The molecule has 0 saturated carbocycles. The molecule has 168 valence electrons. The topological polar surface area (TPSA) is 58.6 Å². The molecule has 0 radical (unpaired) electrons. The molecular weight excluding hydrogens is 482 g/mol. The Kier molecular flexibility index (Phi) is 9.76. The van der Waals surface area contributed by atoms with Crippen molar-refractivity contribution in [1.29, 1.82) is 0 Å². The number of carbonyl (C=O) groups is 2. The third kappa shape index (κ3) is 7.76. The molecule has 1 atom stereocenters. The van der Waals surface area contributed by atoms with E-state index in [1.54, 1.807) is 37.3 Å². The van der Waals surface area contributed by atoms with Gasteiger partial charge < -0.3 is 15.0 Å². The highest BCUT2D eigenvalue weighted by Crippen LogP contribution is 2.28. The summed E-state index contributed by atoms with van der Waals surface area (Å²) in [6.07, 6.45) is 0. The van der Waals surface area contributed by atoms with E-state index in [0.29, 0.717) is 32.4 Å². The SMILES string of the molecule is CC(C)CNC(=O)C(C)N(Cc1ccc(Cl)c(Cl)c1)C(=O)COc1ccc(Cl)cc1Cl. The zero-order chi connectivity index (χ0) is 23.1. The van der Waals surface area contributed by atoms with Crippen LogP contribution in [0.5, 0.6) is 5.75 Å². The summed E-state index contributed by atoms with van der Waals surface area (Å²) in [5.74, 6) is -0.0347. The Balaban J connectivity index is 2.18. The molecule has 0 aliphatic heterocycles. The fourth-order valence-electron chi connectivity index (χ4n) is 2.68. The van der Waals surface area contributed by atoms with Gasteiger partial charge in [-0.05, 0) is 48.7 Å². The van der Waals surface area contributed by atoms with Gasteiger partial charge >= 0.3 is 0 Å². The van der Waals surface area contributed by atoms with E-state index in [0.717, 1.165) is 5.56 Å². The first-order valence-corrected chi connectivity index (χ1v) is 11.2. The number of benzene rings is 2. The maximum atomic E-state index is 13.0. The summed E-state index contributed by atoms with van der Waals surface area (Å²) in [6, 6.07) is 9.06. The number of amides is 2. The Hall–Kier alpha value is -1.66. The molecule has 9 heteroatoms. The molecule has 0 spiro atoms. The van der Waals surface area contributed by atoms with Crippen molar-refractivity contribution in [3.05, 3.63) is 62.1 Å². The molecule has 0 fully saturated rings. The Morgan fingerprint density at radius 3 is 2.29 bits per heavy atom. The van der Waals surface area contributed by atoms with Gasteiger partial charge in [0.25, 0.3) is 5.91 Å². The van der Waals surface area contributed by atoms with E-state index < -0.39 is 6.04 Å². The fourth-order valence-corrected chi connectivity index (χ4v) is 3.47. The Morgan fingerprint density at radius 2 is 1.68 bits per heavy atom. The third-order valence-electron chi connectivity index (χ3n) is 4.43. The van der Waals surface area contributed by atoms with Crippen molar-refractivity contribution < 1.29 is 14.3 Å². The molecule has 1 N–H and O–H groups in total. The van der Waals surface area contributed by atoms with Gasteiger partial charge in [-0.25, -0.2) is 0 Å². The van der Waals surface area contributed by atoms with Gasteiger partial charge in [0.05, 0.1) is 15.1 Å². The lowest BCUT2D eigenvalue weighted by atomic mass is 10.1. The van der Waals surface area contributed by atoms with E-state index in [1.807, 2.05) is 13.8 Å². The summed E-state index contributed by atoms with van der Waals surface area (Å²) in [4.78, 5) is 27.1. The van der Waals surface area contributed by atoms with Crippen LogP contribution in [0.4, 0.5) is 0 Å². The average molecular weight is 506 g/mol. The van der Waals surface area contributed by atoms with Gasteiger partial charge in [0, 0.05) is 18.1 Å². The smallest absolute Gasteiger partial charge is 0.261 e. The zero-order valence-corrected chi connectivity index (χ0v) is 20.4. The lowest BCUT2D eigenvalue weighted by Gasteiger charge is -2.29. The number of ether oxygens (including phenoxy) is 1. The minimum absolute atomic E-state index is 0.156. The maximum Gasteiger partial charge on any atom is 0.261 e. The van der Waals surface area contributed by atoms with Gasteiger partial charge in [0.15, 0.2) is 6.61 Å². The normalized spacial score (nSPS) is 11.9. The number of nitrogens with one attached hydrogen (secondary N) is 1. The lowest BCUT2D eigenvalue weighted by molar-refractivity contribution is -0.142. The van der Waals surface area contributed by atoms with Crippen LogP contribution in [0.25, 0.3) is 0 Å². The minimum atomic E-state index is -0.731. The predicted molar refractivity (Wildman–Crippen MR) is 126 cm³/mol. The number of halogens is 4. The van der Waals surface area contributed by atoms with Crippen LogP contribution in [0.1, 0.15) is 26.3 Å². The van der Waals surface area contributed by atoms with Crippen LogP contribution in [0.2, 0.25) is 20.1 Å². The predicted octanol–water partition coefficient (Wildman–Crippen LogP) is 5.87. The number of carbonyl (C=O) groups excluding carboxylic acids is 2. The van der Waals surface area contributed by atoms with Crippen molar-refractivity contribution >= 4 is 58.2 Å². The summed E-state index contributed by atoms with van der Waals surface area (Å²) in [5, 5.41) is 4.38. The van der Waals surface area contributed by atoms with Crippen LogP contribution in [-0.2, 0) is 16.1 Å². The molecule has 5 nitrogen and oxygen atoms in total. The van der Waals surface area contributed by atoms with Gasteiger partial charge in [0.1, 0.15) is 11.8 Å². The van der Waals surface area contributed by atoms with Gasteiger partial charge in [0.2, 0.25) is 5.91 Å². The molecular formula is C22H24Cl4N2O3. The minimum Gasteiger partial charge on any atom is -0.482 e. The molecule has 31 heavy (non-hydrogen) atoms. The molecule has 0 bridgehead atoms. The van der Waals surface area contributed by atoms with Gasteiger partial charge in [-0.3, -0.25) is 9.59 Å². The Bertz CT molecular complexity index is 937. The zero-order valence-electron chi connectivity index (χ0n) is 17.4. The molecule has 0 aromatic heterocycles. The summed E-state index contributed by atoms with van der Waals surface area (Å²) >= 11 is 24.1. The number of hydrogen-bond donors (Lipinski definition) is 1. The van der Waals surface area contributed by atoms with E-state index in [2.05, 4.69) is 5.32 Å². The summed E-state index contributed by atoms with van der Waals surface area (Å²) in [7, 11) is 0. The van der Waals surface area contributed by atoms with E-state index in [4.69, 9.17) is 51.1 Å². The molecule has 2 aromatic rings. The van der Waals surface area contributed by atoms with Crippen LogP contribution >= 0.6 is 46.4 Å². The second kappa shape index (κ2) is 11.8. The first kappa shape index (κ1) is 25.6. The number of nitrogens with zero attached hydrogens (tertiary/aromatic N) is 1. The Labute approximate surface area is 202 Å². The van der Waals surface area contributed by atoms with Crippen LogP contribution < -0.4 is 10.1 Å². The molecule has 2 aromatic carbocycles. The van der Waals surface area contributed by atoms with Crippen LogP contribution in [0.3, 0.4) is 0 Å². The lowest BCUT2D eigenvalue weighted by Crippen LogP contribution is -2.49. The molecule has 0 aliphatic rings. The van der Waals surface area contributed by atoms with Crippen LogP contribution in [-0.4, -0.2) is 35.9 Å². The average Bonchev–Trinajstić information content (AvgIpc) is 2.71. The summed E-state index contributed by atoms with van der Waals surface area (Å²) in [6.45, 7) is 6.02. The van der Waals surface area contributed by atoms with Crippen molar-refractivity contribution in [2.24, 2.45) is 5.92 Å². The molecule has 0 heterocycles. The largest absolute Gasteiger partial charge is 0.482 e. The maximum absolute atomic E-state index is 13.0. The van der Waals surface area contributed by atoms with Crippen LogP contribution in [0, 0.1) is 5.92 Å². The third-order valence-corrected chi connectivity index (χ3v) is 5.70. The van der Waals surface area contributed by atoms with Crippen molar-refractivity contribution in [2.75, 3.05) is 13.2 Å². The van der Waals surface area contributed by atoms with E-state index in [9.17, 15) is 9.59 Å². The molecule has 0 aliphatic carbocycles. The first-order valence-electron chi connectivity index (χ1n) is 9.67. The molecule has 2 amide bonds. The van der Waals surface area contributed by atoms with Gasteiger partial charge in [-0.15, -0.1) is 0 Å². The van der Waals surface area contributed by atoms with E-state index in [-0.39, 0.29) is 30.9 Å². The summed E-state index contributed by atoms with van der Waals surface area (Å²) < 4.78 is 5.58. The highest BCUT2D eigenvalue weighted by atomic mass is 35.5. The first-order chi connectivity index (χ1) is 14.6. The second-order valence-electron chi connectivity index (χ2n) is 7.45. The van der Waals surface area contributed by atoms with Crippen molar-refractivity contribution in [3.63, 3.8) is 0 Å². The van der Waals surface area contributed by atoms with Crippen molar-refractivity contribution in [3.8, 4) is 5.75 Å². The van der Waals surface area contributed by atoms with Crippen molar-refractivity contribution in [1.82, 2.24) is 10.2 Å². The highest BCUT2D eigenvalue weighted by Gasteiger charge is 2.27. The molecule has 0 saturated heterocycles. The molecule has 2 rings (SSSR count). The number of hydrogen-bond acceptors (Lipinski definition) is 3. The van der Waals surface area contributed by atoms with Gasteiger partial charge in [-0.1, -0.05) is 66.3 Å². The Morgan fingerprint density at radius 1 is 0.968 bits per heavy atom. The fraction of sp³-hybridized carbons (Fsp3) is 0.364. The summed E-state index contributed by atoms with van der Waals surface area (Å²) in [5.41, 5.74) is 0.732. The standard InChI is InChI=1S/C22H24Cl4N2O3/c1-13(2)10-27-22(30)14(3)28(11-15-4-6-17(24)18(25)8-15)21(29)12-31-20-7-5-16(23)9-19(20)26/h4-9,13-14H,10-12H2,1-3H3,(H,27,30). The highest BCUT2D eigenvalue weighted by molar-refractivity contribution is 6.42. The van der Waals surface area contributed by atoms with Gasteiger partial charge in [-0.2, -0.15) is 0 Å². The van der Waals surface area contributed by atoms with E-state index in [1.165, 1.54) is 11.0 Å². The molecule has 1 unspecified atom stereocenters. The quantitative estimate of drug-likeness (QED) is 0.463. The second-order valence-corrected chi connectivity index (χ2v) is 9.11. The number of rotatable bonds is 9. The van der Waals surface area contributed by atoms with Crippen LogP contribution in [0.15, 0.2) is 36.4 Å².